The van der Waals surface area contributed by atoms with Crippen LogP contribution in [-0.2, 0) is 11.2 Å². The standard InChI is InChI=1S/C24H28O5/c1-4-5-13-29-22-16-19(14-17(2)24(26)27)9-11-20(22)8-6-7-18-10-12-21(25)23(15-18)28-3/h6,8-12,14-16,25H,4-5,7,13H2,1-3H3,(H,26,27)/b8-6+,17-14+. The number of hydrogen-bond acceptors (Lipinski definition) is 4. The van der Waals surface area contributed by atoms with Crippen molar-refractivity contribution in [1.82, 2.24) is 0 Å². The van der Waals surface area contributed by atoms with E-state index in [2.05, 4.69) is 6.92 Å². The average molecular weight is 396 g/mol. The molecule has 0 saturated heterocycles. The van der Waals surface area contributed by atoms with Gasteiger partial charge in [-0.3, -0.25) is 0 Å². The lowest BCUT2D eigenvalue weighted by Crippen LogP contribution is -1.99. The molecule has 0 unspecified atom stereocenters. The van der Waals surface area contributed by atoms with Crippen LogP contribution >= 0.6 is 0 Å². The van der Waals surface area contributed by atoms with Crippen LogP contribution in [0, 0.1) is 0 Å². The number of carboxylic acid groups (broad SMARTS) is 1. The number of aromatic hydroxyl groups is 1. The second-order valence-electron chi connectivity index (χ2n) is 6.74. The van der Waals surface area contributed by atoms with Crippen molar-refractivity contribution in [3.63, 3.8) is 0 Å². The number of allylic oxidation sites excluding steroid dienone is 1. The smallest absolute Gasteiger partial charge is 0.331 e. The molecule has 0 radical (unpaired) electrons. The van der Waals surface area contributed by atoms with Crippen LogP contribution in [0.3, 0.4) is 0 Å². The molecule has 2 aromatic carbocycles. The van der Waals surface area contributed by atoms with E-state index in [1.807, 2.05) is 36.4 Å². The Hall–Kier alpha value is -3.21. The van der Waals surface area contributed by atoms with Crippen LogP contribution in [0.1, 0.15) is 43.4 Å². The Morgan fingerprint density at radius 2 is 1.93 bits per heavy atom. The van der Waals surface area contributed by atoms with Crippen molar-refractivity contribution in [3.8, 4) is 17.2 Å². The summed E-state index contributed by atoms with van der Waals surface area (Å²) in [5.74, 6) is 0.355. The second kappa shape index (κ2) is 11.0. The molecule has 0 aliphatic carbocycles. The fraction of sp³-hybridized carbons (Fsp3) is 0.292. The molecule has 0 atom stereocenters. The van der Waals surface area contributed by atoms with Gasteiger partial charge in [0.1, 0.15) is 5.75 Å². The zero-order valence-electron chi connectivity index (χ0n) is 17.1. The van der Waals surface area contributed by atoms with Crippen molar-refractivity contribution in [2.24, 2.45) is 0 Å². The lowest BCUT2D eigenvalue weighted by atomic mass is 10.1. The van der Waals surface area contributed by atoms with Crippen molar-refractivity contribution >= 4 is 18.1 Å². The molecule has 0 amide bonds. The van der Waals surface area contributed by atoms with Gasteiger partial charge >= 0.3 is 5.97 Å². The van der Waals surface area contributed by atoms with Gasteiger partial charge in [-0.2, -0.15) is 0 Å². The van der Waals surface area contributed by atoms with Crippen molar-refractivity contribution in [2.45, 2.75) is 33.1 Å². The topological polar surface area (TPSA) is 76.0 Å². The maximum atomic E-state index is 11.1. The summed E-state index contributed by atoms with van der Waals surface area (Å²) in [5, 5.41) is 18.8. The highest BCUT2D eigenvalue weighted by Crippen LogP contribution is 2.27. The summed E-state index contributed by atoms with van der Waals surface area (Å²) in [4.78, 5) is 11.1. The van der Waals surface area contributed by atoms with Gasteiger partial charge in [0.2, 0.25) is 0 Å². The molecule has 0 aromatic heterocycles. The largest absolute Gasteiger partial charge is 0.504 e. The molecule has 0 aliphatic rings. The predicted octanol–water partition coefficient (Wildman–Crippen LogP) is 5.32. The number of aliphatic carboxylic acids is 1. The molecule has 2 N–H and O–H groups in total. The Labute approximate surface area is 171 Å². The van der Waals surface area contributed by atoms with Crippen LogP contribution in [0.5, 0.6) is 17.2 Å². The van der Waals surface area contributed by atoms with Crippen LogP contribution in [0.25, 0.3) is 12.2 Å². The first kappa shape index (κ1) is 22.1. The molecule has 0 bridgehead atoms. The van der Waals surface area contributed by atoms with E-state index in [1.165, 1.54) is 7.11 Å². The molecule has 0 aliphatic heterocycles. The maximum Gasteiger partial charge on any atom is 0.331 e. The van der Waals surface area contributed by atoms with Gasteiger partial charge < -0.3 is 19.7 Å². The highest BCUT2D eigenvalue weighted by Gasteiger charge is 2.06. The Balaban J connectivity index is 2.21. The summed E-state index contributed by atoms with van der Waals surface area (Å²) < 4.78 is 11.1. The first-order valence-electron chi connectivity index (χ1n) is 9.65. The SMILES string of the molecule is CCCCOc1cc(/C=C(\C)C(=O)O)ccc1/C=C/Cc1ccc(O)c(OC)c1. The van der Waals surface area contributed by atoms with E-state index >= 15 is 0 Å². The fourth-order valence-corrected chi connectivity index (χ4v) is 2.71. The van der Waals surface area contributed by atoms with Crippen molar-refractivity contribution in [2.75, 3.05) is 13.7 Å². The first-order chi connectivity index (χ1) is 13.9. The summed E-state index contributed by atoms with van der Waals surface area (Å²) in [6, 6.07) is 10.9. The summed E-state index contributed by atoms with van der Waals surface area (Å²) >= 11 is 0. The summed E-state index contributed by atoms with van der Waals surface area (Å²) in [6.07, 6.45) is 8.29. The number of ether oxygens (including phenoxy) is 2. The molecule has 0 heterocycles. The fourth-order valence-electron chi connectivity index (χ4n) is 2.71. The summed E-state index contributed by atoms with van der Waals surface area (Å²) in [7, 11) is 1.52. The third kappa shape index (κ3) is 6.71. The Morgan fingerprint density at radius 1 is 1.14 bits per heavy atom. The van der Waals surface area contributed by atoms with Crippen molar-refractivity contribution in [3.05, 3.63) is 64.7 Å². The minimum atomic E-state index is -0.938. The monoisotopic (exact) mass is 396 g/mol. The molecule has 0 spiro atoms. The van der Waals surface area contributed by atoms with Gasteiger partial charge in [0.15, 0.2) is 11.5 Å². The normalized spacial score (nSPS) is 11.6. The van der Waals surface area contributed by atoms with E-state index in [1.54, 1.807) is 25.1 Å². The van der Waals surface area contributed by atoms with Gasteiger partial charge in [0, 0.05) is 11.1 Å². The van der Waals surface area contributed by atoms with Gasteiger partial charge in [-0.05, 0) is 55.2 Å². The minimum Gasteiger partial charge on any atom is -0.504 e. The van der Waals surface area contributed by atoms with Crippen LogP contribution in [0.4, 0.5) is 0 Å². The van der Waals surface area contributed by atoms with E-state index in [-0.39, 0.29) is 11.3 Å². The number of phenolic OH excluding ortho intramolecular Hbond substituents is 1. The highest BCUT2D eigenvalue weighted by molar-refractivity contribution is 5.91. The molecular weight excluding hydrogens is 368 g/mol. The Kier molecular flexibility index (Phi) is 8.34. The third-order valence-electron chi connectivity index (χ3n) is 4.41. The van der Waals surface area contributed by atoms with E-state index in [0.717, 1.165) is 35.3 Å². The van der Waals surface area contributed by atoms with Crippen molar-refractivity contribution in [1.29, 1.82) is 0 Å². The number of phenols is 1. The number of hydrogen-bond donors (Lipinski definition) is 2. The van der Waals surface area contributed by atoms with E-state index < -0.39 is 5.97 Å². The van der Waals surface area contributed by atoms with Gasteiger partial charge in [-0.25, -0.2) is 4.79 Å². The quantitative estimate of drug-likeness (QED) is 0.420. The summed E-state index contributed by atoms with van der Waals surface area (Å²) in [5.41, 5.74) is 3.00. The second-order valence-corrected chi connectivity index (χ2v) is 6.74. The predicted molar refractivity (Wildman–Crippen MR) is 116 cm³/mol. The maximum absolute atomic E-state index is 11.1. The molecular formula is C24H28O5. The average Bonchev–Trinajstić information content (AvgIpc) is 2.70. The first-order valence-corrected chi connectivity index (χ1v) is 9.65. The lowest BCUT2D eigenvalue weighted by molar-refractivity contribution is -0.132. The molecule has 2 aromatic rings. The number of benzene rings is 2. The minimum absolute atomic E-state index is 0.118. The van der Waals surface area contributed by atoms with Gasteiger partial charge in [0.25, 0.3) is 0 Å². The number of carboxylic acids is 1. The number of unbranched alkanes of at least 4 members (excludes halogenated alkanes) is 1. The molecule has 154 valence electrons. The lowest BCUT2D eigenvalue weighted by Gasteiger charge is -2.10. The van der Waals surface area contributed by atoms with E-state index in [0.29, 0.717) is 18.8 Å². The van der Waals surface area contributed by atoms with Crippen LogP contribution in [-0.4, -0.2) is 29.9 Å². The van der Waals surface area contributed by atoms with Crippen molar-refractivity contribution < 1.29 is 24.5 Å². The van der Waals surface area contributed by atoms with Gasteiger partial charge in [0.05, 0.1) is 13.7 Å². The van der Waals surface area contributed by atoms with Gasteiger partial charge in [-0.15, -0.1) is 0 Å². The Morgan fingerprint density at radius 3 is 2.62 bits per heavy atom. The molecule has 0 fully saturated rings. The third-order valence-corrected chi connectivity index (χ3v) is 4.41. The van der Waals surface area contributed by atoms with Crippen LogP contribution in [0.2, 0.25) is 0 Å². The van der Waals surface area contributed by atoms with E-state index in [9.17, 15) is 9.90 Å². The molecule has 0 saturated carbocycles. The Bertz CT molecular complexity index is 896. The number of carbonyl (C=O) groups is 1. The molecule has 2 rings (SSSR count). The van der Waals surface area contributed by atoms with E-state index in [4.69, 9.17) is 14.6 Å². The zero-order chi connectivity index (χ0) is 21.2. The number of rotatable bonds is 10. The molecule has 5 nitrogen and oxygen atoms in total. The molecule has 29 heavy (non-hydrogen) atoms. The molecule has 5 heteroatoms. The van der Waals surface area contributed by atoms with Gasteiger partial charge in [-0.1, -0.05) is 43.7 Å². The van der Waals surface area contributed by atoms with Crippen LogP contribution in [0.15, 0.2) is 48.0 Å². The highest BCUT2D eigenvalue weighted by atomic mass is 16.5. The zero-order valence-corrected chi connectivity index (χ0v) is 17.1. The number of methoxy groups -OCH3 is 1. The summed E-state index contributed by atoms with van der Waals surface area (Å²) in [6.45, 7) is 4.28. The van der Waals surface area contributed by atoms with Crippen LogP contribution < -0.4 is 9.47 Å².